The van der Waals surface area contributed by atoms with E-state index in [0.29, 0.717) is 17.5 Å². The fraction of sp³-hybridized carbons (Fsp3) is 0.0323. The zero-order chi connectivity index (χ0) is 44.9. The van der Waals surface area contributed by atoms with Crippen LogP contribution >= 0.6 is 0 Å². The van der Waals surface area contributed by atoms with Crippen LogP contribution in [0.2, 0.25) is 0 Å². The minimum atomic E-state index is -0.0733. The first-order chi connectivity index (χ1) is 33.1. The van der Waals surface area contributed by atoms with E-state index >= 15 is 0 Å². The number of rotatable bonds is 10. The van der Waals surface area contributed by atoms with Crippen molar-refractivity contribution >= 4 is 11.5 Å². The Morgan fingerprint density at radius 2 is 0.627 bits per heavy atom. The molecule has 2 heterocycles. The molecule has 0 fully saturated rings. The molecule has 0 saturated heterocycles. The van der Waals surface area contributed by atoms with E-state index in [1.807, 2.05) is 18.2 Å². The second-order valence-electron chi connectivity index (χ2n) is 16.8. The molecule has 5 nitrogen and oxygen atoms in total. The van der Waals surface area contributed by atoms with Crippen LogP contribution in [0.15, 0.2) is 253 Å². The third-order valence-corrected chi connectivity index (χ3v) is 12.4. The normalized spacial score (nSPS) is 13.4. The van der Waals surface area contributed by atoms with Gasteiger partial charge in [0.1, 0.15) is 5.84 Å². The van der Waals surface area contributed by atoms with E-state index in [9.17, 15) is 0 Å². The van der Waals surface area contributed by atoms with Gasteiger partial charge in [0.05, 0.1) is 11.7 Å². The standard InChI is InChI=1S/C62H45N5/c1-42-57(49-22-12-5-13-23-49)63-61(64-58(42)50-34-28-46(29-35-50)43-16-6-2-7-17-43)55-26-14-24-53(40-55)54-25-15-27-56(41-54)62-66-59(51-36-30-47(31-37-51)44-18-8-3-9-19-44)65-60(67-62)52-38-32-48(33-39-52)45-20-10-4-11-21-45/h2-41,58H,1H3,(H,63,64). The Balaban J connectivity index is 0.947. The van der Waals surface area contributed by atoms with Gasteiger partial charge in [-0.05, 0) is 74.7 Å². The molecule has 9 aromatic carbocycles. The number of nitrogens with one attached hydrogen (secondary N) is 1. The summed E-state index contributed by atoms with van der Waals surface area (Å²) in [6.45, 7) is 2.19. The second kappa shape index (κ2) is 18.4. The molecule has 0 aliphatic carbocycles. The van der Waals surface area contributed by atoms with Crippen LogP contribution in [0.3, 0.4) is 0 Å². The van der Waals surface area contributed by atoms with Gasteiger partial charge >= 0.3 is 0 Å². The molecule has 0 radical (unpaired) electrons. The van der Waals surface area contributed by atoms with Crippen LogP contribution in [0.4, 0.5) is 0 Å². The highest BCUT2D eigenvalue weighted by Gasteiger charge is 2.25. The molecule has 0 saturated carbocycles. The van der Waals surface area contributed by atoms with Gasteiger partial charge in [-0.15, -0.1) is 0 Å². The maximum atomic E-state index is 5.32. The molecule has 11 rings (SSSR count). The SMILES string of the molecule is CC1=C(c2ccccc2)N=C(c2cccc(-c3cccc(-c4nc(-c5ccc(-c6ccccc6)cc5)nc(-c5ccc(-c6ccccc6)cc5)n4)c3)c2)NC1c1ccc(-c2ccccc2)cc1. The van der Waals surface area contributed by atoms with E-state index < -0.39 is 0 Å². The molecule has 1 aliphatic rings. The third-order valence-electron chi connectivity index (χ3n) is 12.4. The van der Waals surface area contributed by atoms with Crippen molar-refractivity contribution in [3.8, 4) is 78.7 Å². The van der Waals surface area contributed by atoms with Gasteiger partial charge in [-0.1, -0.05) is 231 Å². The number of nitrogens with zero attached hydrogens (tertiary/aromatic N) is 4. The minimum absolute atomic E-state index is 0.0733. The number of aromatic nitrogens is 3. The Labute approximate surface area is 391 Å². The van der Waals surface area contributed by atoms with E-state index in [1.165, 1.54) is 22.3 Å². The maximum absolute atomic E-state index is 5.32. The van der Waals surface area contributed by atoms with Crippen LogP contribution in [0.5, 0.6) is 0 Å². The quantitative estimate of drug-likeness (QED) is 0.149. The third kappa shape index (κ3) is 8.74. The van der Waals surface area contributed by atoms with E-state index in [2.05, 4.69) is 237 Å². The van der Waals surface area contributed by atoms with Gasteiger partial charge in [0, 0.05) is 27.8 Å². The van der Waals surface area contributed by atoms with E-state index in [-0.39, 0.29) is 6.04 Å². The Hall–Kier alpha value is -8.80. The molecule has 1 N–H and O–H groups in total. The number of aliphatic imine (C=N–C) groups is 1. The van der Waals surface area contributed by atoms with E-state index in [1.54, 1.807) is 0 Å². The van der Waals surface area contributed by atoms with Crippen molar-refractivity contribution in [1.29, 1.82) is 0 Å². The maximum Gasteiger partial charge on any atom is 0.164 e. The lowest BCUT2D eigenvalue weighted by molar-refractivity contribution is 0.733. The first-order valence-corrected chi connectivity index (χ1v) is 22.7. The summed E-state index contributed by atoms with van der Waals surface area (Å²) in [7, 11) is 0. The largest absolute Gasteiger partial charge is 0.359 e. The fourth-order valence-electron chi connectivity index (χ4n) is 8.81. The van der Waals surface area contributed by atoms with Crippen molar-refractivity contribution in [2.24, 2.45) is 4.99 Å². The van der Waals surface area contributed by atoms with Crippen LogP contribution < -0.4 is 5.32 Å². The average molecular weight is 860 g/mol. The van der Waals surface area contributed by atoms with Gasteiger partial charge in [0.15, 0.2) is 17.5 Å². The average Bonchev–Trinajstić information content (AvgIpc) is 3.42. The highest BCUT2D eigenvalue weighted by atomic mass is 15.1. The molecular formula is C62H45N5. The van der Waals surface area contributed by atoms with Crippen molar-refractivity contribution in [3.63, 3.8) is 0 Å². The first kappa shape index (κ1) is 40.9. The lowest BCUT2D eigenvalue weighted by atomic mass is 9.92. The minimum Gasteiger partial charge on any atom is -0.359 e. The lowest BCUT2D eigenvalue weighted by Gasteiger charge is -2.29. The highest BCUT2D eigenvalue weighted by Crippen LogP contribution is 2.36. The summed E-state index contributed by atoms with van der Waals surface area (Å²) in [5.74, 6) is 2.65. The summed E-state index contributed by atoms with van der Waals surface area (Å²) in [5.41, 5.74) is 17.2. The molecular weight excluding hydrogens is 815 g/mol. The summed E-state index contributed by atoms with van der Waals surface area (Å²) < 4.78 is 0. The monoisotopic (exact) mass is 859 g/mol. The zero-order valence-corrected chi connectivity index (χ0v) is 37.0. The molecule has 0 amide bonds. The van der Waals surface area contributed by atoms with Crippen LogP contribution in [-0.4, -0.2) is 20.8 Å². The lowest BCUT2D eigenvalue weighted by Crippen LogP contribution is -2.33. The van der Waals surface area contributed by atoms with Gasteiger partial charge in [0.2, 0.25) is 0 Å². The van der Waals surface area contributed by atoms with Gasteiger partial charge in [-0.3, -0.25) is 0 Å². The molecule has 1 aromatic heterocycles. The molecule has 1 unspecified atom stereocenters. The summed E-state index contributed by atoms with van der Waals surface area (Å²) in [6.07, 6.45) is 0. The van der Waals surface area contributed by atoms with Crippen molar-refractivity contribution in [2.75, 3.05) is 0 Å². The van der Waals surface area contributed by atoms with E-state index in [0.717, 1.165) is 72.7 Å². The van der Waals surface area contributed by atoms with Crippen LogP contribution in [0, 0.1) is 0 Å². The fourth-order valence-corrected chi connectivity index (χ4v) is 8.81. The molecule has 0 spiro atoms. The Morgan fingerprint density at radius 3 is 1.09 bits per heavy atom. The molecule has 1 atom stereocenters. The highest BCUT2D eigenvalue weighted by molar-refractivity contribution is 6.04. The van der Waals surface area contributed by atoms with Crippen molar-refractivity contribution in [2.45, 2.75) is 13.0 Å². The number of hydrogen-bond acceptors (Lipinski definition) is 5. The van der Waals surface area contributed by atoms with Crippen molar-refractivity contribution < 1.29 is 0 Å². The summed E-state index contributed by atoms with van der Waals surface area (Å²) in [6, 6.07) is 84.6. The van der Waals surface area contributed by atoms with Gasteiger partial charge in [-0.25, -0.2) is 19.9 Å². The zero-order valence-electron chi connectivity index (χ0n) is 37.0. The van der Waals surface area contributed by atoms with Gasteiger partial charge < -0.3 is 5.32 Å². The van der Waals surface area contributed by atoms with Crippen molar-refractivity contribution in [3.05, 3.63) is 265 Å². The number of benzene rings is 9. The smallest absolute Gasteiger partial charge is 0.164 e. The first-order valence-electron chi connectivity index (χ1n) is 22.7. The molecule has 5 heteroatoms. The second-order valence-corrected chi connectivity index (χ2v) is 16.8. The van der Waals surface area contributed by atoms with E-state index in [4.69, 9.17) is 19.9 Å². The summed E-state index contributed by atoms with van der Waals surface area (Å²) in [5, 5.41) is 3.84. The topological polar surface area (TPSA) is 63.1 Å². The van der Waals surface area contributed by atoms with Crippen LogP contribution in [0.1, 0.15) is 29.7 Å². The van der Waals surface area contributed by atoms with Gasteiger partial charge in [0.25, 0.3) is 0 Å². The Kier molecular flexibility index (Phi) is 11.2. The van der Waals surface area contributed by atoms with Crippen molar-refractivity contribution in [1.82, 2.24) is 20.3 Å². The summed E-state index contributed by atoms with van der Waals surface area (Å²) >= 11 is 0. The predicted octanol–water partition coefficient (Wildman–Crippen LogP) is 15.1. The number of amidine groups is 1. The van der Waals surface area contributed by atoms with Crippen LogP contribution in [-0.2, 0) is 0 Å². The predicted molar refractivity (Wildman–Crippen MR) is 276 cm³/mol. The number of hydrogen-bond donors (Lipinski definition) is 1. The Bertz CT molecular complexity index is 3280. The molecule has 318 valence electrons. The summed E-state index contributed by atoms with van der Waals surface area (Å²) in [4.78, 5) is 20.7. The van der Waals surface area contributed by atoms with Gasteiger partial charge in [-0.2, -0.15) is 0 Å². The molecule has 10 aromatic rings. The molecule has 0 bridgehead atoms. The Morgan fingerprint density at radius 1 is 0.299 bits per heavy atom. The van der Waals surface area contributed by atoms with Crippen LogP contribution in [0.25, 0.3) is 84.4 Å². The molecule has 1 aliphatic heterocycles. The molecule has 67 heavy (non-hydrogen) atoms.